The molecule has 0 saturated heterocycles. The Bertz CT molecular complexity index is 1300. The number of carboxylic acids is 1. The van der Waals surface area contributed by atoms with Crippen molar-refractivity contribution in [2.45, 2.75) is 53.5 Å². The third-order valence-electron chi connectivity index (χ3n) is 5.83. The zero-order valence-electron chi connectivity index (χ0n) is 19.3. The second-order valence-corrected chi connectivity index (χ2v) is 8.57. The van der Waals surface area contributed by atoms with Crippen molar-refractivity contribution in [2.24, 2.45) is 5.92 Å². The monoisotopic (exact) mass is 456 g/mol. The minimum Gasteiger partial charge on any atom is -0.480 e. The first-order chi connectivity index (χ1) is 15.5. The molecule has 3 rings (SSSR count). The van der Waals surface area contributed by atoms with Crippen molar-refractivity contribution in [3.8, 4) is 0 Å². The van der Waals surface area contributed by atoms with E-state index in [1.165, 1.54) is 0 Å². The maximum Gasteiger partial charge on any atom is 0.339 e. The van der Waals surface area contributed by atoms with Gasteiger partial charge in [0.05, 0.1) is 12.8 Å². The molecule has 2 amide bonds. The van der Waals surface area contributed by atoms with Crippen LogP contribution in [0, 0.1) is 26.7 Å². The van der Waals surface area contributed by atoms with E-state index in [1.54, 1.807) is 20.1 Å². The van der Waals surface area contributed by atoms with Crippen LogP contribution in [-0.2, 0) is 20.8 Å². The molecule has 9 nitrogen and oxygen atoms in total. The van der Waals surface area contributed by atoms with E-state index in [2.05, 4.69) is 10.6 Å². The van der Waals surface area contributed by atoms with Crippen molar-refractivity contribution in [2.75, 3.05) is 6.54 Å². The van der Waals surface area contributed by atoms with Gasteiger partial charge in [-0.25, -0.2) is 9.59 Å². The number of hydrogen-bond acceptors (Lipinski definition) is 6. The van der Waals surface area contributed by atoms with Gasteiger partial charge in [0.2, 0.25) is 11.8 Å². The number of rotatable bonds is 8. The van der Waals surface area contributed by atoms with Crippen molar-refractivity contribution in [3.63, 3.8) is 0 Å². The Morgan fingerprint density at radius 1 is 1.03 bits per heavy atom. The van der Waals surface area contributed by atoms with Crippen LogP contribution in [0.3, 0.4) is 0 Å². The number of nitrogens with one attached hydrogen (secondary N) is 2. The maximum absolute atomic E-state index is 12.6. The smallest absolute Gasteiger partial charge is 0.339 e. The van der Waals surface area contributed by atoms with Gasteiger partial charge in [-0.1, -0.05) is 13.8 Å². The second kappa shape index (κ2) is 9.48. The number of aliphatic carboxylic acids is 1. The molecule has 0 aliphatic carbocycles. The average Bonchev–Trinajstić information content (AvgIpc) is 3.12. The molecule has 0 fully saturated rings. The molecule has 176 valence electrons. The molecule has 1 aromatic carbocycles. The molecule has 9 heteroatoms. The van der Waals surface area contributed by atoms with Gasteiger partial charge in [0, 0.05) is 28.3 Å². The highest BCUT2D eigenvalue weighted by Gasteiger charge is 2.23. The predicted octanol–water partition coefficient (Wildman–Crippen LogP) is 2.74. The zero-order valence-corrected chi connectivity index (χ0v) is 19.3. The van der Waals surface area contributed by atoms with E-state index in [4.69, 9.17) is 13.9 Å². The van der Waals surface area contributed by atoms with E-state index in [9.17, 15) is 19.2 Å². The summed E-state index contributed by atoms with van der Waals surface area (Å²) in [5, 5.41) is 15.7. The third-order valence-corrected chi connectivity index (χ3v) is 5.83. The van der Waals surface area contributed by atoms with Crippen LogP contribution in [-0.4, -0.2) is 35.5 Å². The summed E-state index contributed by atoms with van der Waals surface area (Å²) in [6.45, 7) is 8.59. The van der Waals surface area contributed by atoms with Crippen molar-refractivity contribution in [3.05, 3.63) is 45.0 Å². The number of aryl methyl sites for hydroxylation is 3. The largest absolute Gasteiger partial charge is 0.480 e. The molecule has 0 unspecified atom stereocenters. The van der Waals surface area contributed by atoms with Crippen molar-refractivity contribution in [1.29, 1.82) is 0 Å². The molecule has 3 aromatic rings. The van der Waals surface area contributed by atoms with Crippen LogP contribution in [0.1, 0.15) is 42.5 Å². The van der Waals surface area contributed by atoms with Gasteiger partial charge in [-0.2, -0.15) is 0 Å². The highest BCUT2D eigenvalue weighted by molar-refractivity contribution is 5.99. The predicted molar refractivity (Wildman–Crippen MR) is 122 cm³/mol. The second-order valence-electron chi connectivity index (χ2n) is 8.57. The Morgan fingerprint density at radius 2 is 1.73 bits per heavy atom. The zero-order chi connectivity index (χ0) is 24.4. The molecule has 2 aromatic heterocycles. The molecule has 1 atom stereocenters. The normalized spacial score (nSPS) is 12.3. The van der Waals surface area contributed by atoms with E-state index in [0.29, 0.717) is 16.7 Å². The summed E-state index contributed by atoms with van der Waals surface area (Å²) in [7, 11) is 0. The highest BCUT2D eigenvalue weighted by atomic mass is 16.4. The fourth-order valence-corrected chi connectivity index (χ4v) is 3.85. The van der Waals surface area contributed by atoms with Gasteiger partial charge in [-0.05, 0) is 50.3 Å². The Labute approximate surface area is 190 Å². The fraction of sp³-hybridized carbons (Fsp3) is 0.417. The molecule has 33 heavy (non-hydrogen) atoms. The lowest BCUT2D eigenvalue weighted by molar-refractivity contribution is -0.143. The lowest BCUT2D eigenvalue weighted by Gasteiger charge is -2.18. The topological polar surface area (TPSA) is 139 Å². The molecule has 0 saturated carbocycles. The number of carbonyl (C=O) groups is 3. The Hall–Kier alpha value is -3.62. The lowest BCUT2D eigenvalue weighted by Crippen LogP contribution is -2.48. The van der Waals surface area contributed by atoms with Crippen LogP contribution in [0.25, 0.3) is 21.9 Å². The third kappa shape index (κ3) is 4.92. The molecule has 0 aliphatic rings. The van der Waals surface area contributed by atoms with Gasteiger partial charge < -0.3 is 24.6 Å². The SMILES string of the molecule is Cc1coc2c(C)c3oc(=O)c(CCC(=O)NCC(=O)N[C@H](C(=O)O)C(C)C)c(C)c3cc12. The summed E-state index contributed by atoms with van der Waals surface area (Å²) in [4.78, 5) is 48.0. The summed E-state index contributed by atoms with van der Waals surface area (Å²) in [5.74, 6) is -2.46. The highest BCUT2D eigenvalue weighted by Crippen LogP contribution is 2.32. The van der Waals surface area contributed by atoms with Gasteiger partial charge in [0.15, 0.2) is 0 Å². The van der Waals surface area contributed by atoms with Crippen LogP contribution in [0.15, 0.2) is 26.0 Å². The summed E-state index contributed by atoms with van der Waals surface area (Å²) in [5.41, 5.74) is 3.47. The minimum atomic E-state index is -1.14. The summed E-state index contributed by atoms with van der Waals surface area (Å²) >= 11 is 0. The quantitative estimate of drug-likeness (QED) is 0.443. The van der Waals surface area contributed by atoms with Gasteiger partial charge >= 0.3 is 11.6 Å². The maximum atomic E-state index is 12.6. The number of carboxylic acid groups (broad SMARTS) is 1. The Morgan fingerprint density at radius 3 is 2.36 bits per heavy atom. The van der Waals surface area contributed by atoms with E-state index >= 15 is 0 Å². The molecule has 3 N–H and O–H groups in total. The molecule has 0 spiro atoms. The number of benzene rings is 1. The van der Waals surface area contributed by atoms with Crippen molar-refractivity contribution < 1.29 is 28.3 Å². The minimum absolute atomic E-state index is 0.0249. The van der Waals surface area contributed by atoms with E-state index in [0.717, 1.165) is 27.5 Å². The van der Waals surface area contributed by atoms with E-state index in [-0.39, 0.29) is 25.3 Å². The molecular weight excluding hydrogens is 428 g/mol. The molecule has 0 radical (unpaired) electrons. The van der Waals surface area contributed by atoms with Crippen molar-refractivity contribution >= 4 is 39.7 Å². The summed E-state index contributed by atoms with van der Waals surface area (Å²) in [6.07, 6.45) is 1.77. The van der Waals surface area contributed by atoms with Crippen LogP contribution >= 0.6 is 0 Å². The standard InChI is InChI=1S/C24H28N2O7/c1-11(2)20(23(29)30)26-19(28)9-25-18(27)7-6-15-13(4)17-8-16-12(3)10-32-21(16)14(5)22(17)33-24(15)31/h8,10-11,20H,6-7,9H2,1-5H3,(H,25,27)(H,26,28)(H,29,30)/t20-/m0/s1. The molecule has 0 aliphatic heterocycles. The molecule has 0 bridgehead atoms. The number of amides is 2. The first kappa shape index (κ1) is 24.0. The van der Waals surface area contributed by atoms with E-state index < -0.39 is 29.5 Å². The number of carbonyl (C=O) groups excluding carboxylic acids is 2. The Balaban J connectivity index is 1.71. The number of fused-ring (bicyclic) bond motifs is 2. The van der Waals surface area contributed by atoms with Crippen LogP contribution in [0.5, 0.6) is 0 Å². The summed E-state index contributed by atoms with van der Waals surface area (Å²) in [6, 6.07) is 0.893. The van der Waals surface area contributed by atoms with Crippen LogP contribution in [0.4, 0.5) is 0 Å². The average molecular weight is 456 g/mol. The van der Waals surface area contributed by atoms with Crippen LogP contribution < -0.4 is 16.3 Å². The first-order valence-corrected chi connectivity index (χ1v) is 10.7. The van der Waals surface area contributed by atoms with Gasteiger partial charge in [0.1, 0.15) is 17.2 Å². The number of hydrogen-bond donors (Lipinski definition) is 3. The van der Waals surface area contributed by atoms with E-state index in [1.807, 2.05) is 26.8 Å². The van der Waals surface area contributed by atoms with Gasteiger partial charge in [-0.15, -0.1) is 0 Å². The molecule has 2 heterocycles. The van der Waals surface area contributed by atoms with Gasteiger partial charge in [0.25, 0.3) is 0 Å². The Kier molecular flexibility index (Phi) is 6.90. The summed E-state index contributed by atoms with van der Waals surface area (Å²) < 4.78 is 11.2. The fourth-order valence-electron chi connectivity index (χ4n) is 3.85. The van der Waals surface area contributed by atoms with Crippen molar-refractivity contribution in [1.82, 2.24) is 10.6 Å². The first-order valence-electron chi connectivity index (χ1n) is 10.7. The number of furan rings is 1. The molecular formula is C24H28N2O7. The van der Waals surface area contributed by atoms with Crippen LogP contribution in [0.2, 0.25) is 0 Å². The van der Waals surface area contributed by atoms with Gasteiger partial charge in [-0.3, -0.25) is 9.59 Å². The lowest BCUT2D eigenvalue weighted by atomic mass is 9.98.